The van der Waals surface area contributed by atoms with E-state index in [-0.39, 0.29) is 29.0 Å². The average Bonchev–Trinajstić information content (AvgIpc) is 2.95. The predicted octanol–water partition coefficient (Wildman–Crippen LogP) is 4.85. The van der Waals surface area contributed by atoms with Gasteiger partial charge in [-0.05, 0) is 51.9 Å². The minimum atomic E-state index is 0.172. The van der Waals surface area contributed by atoms with Crippen LogP contribution >= 0.6 is 11.6 Å². The number of hydrogen-bond acceptors (Lipinski definition) is 5. The molecule has 0 N–H and O–H groups in total. The molecule has 1 aromatic rings. The van der Waals surface area contributed by atoms with Crippen LogP contribution in [0, 0.1) is 17.2 Å². The Kier molecular flexibility index (Phi) is 7.40. The number of amides is 2. The second-order valence-electron chi connectivity index (χ2n) is 9.79. The molecule has 7 nitrogen and oxygen atoms in total. The standard InChI is InChI=1S/C24H35ClN6O/c1-17(2)29-12-13-30(24(29)32)19-10-7-11-31(22-16-27-20(15-26)23(25)28-22)21(14-19)18-8-5-3-4-6-9-18/h16-19,21H,3-14H2,1-2H3. The van der Waals surface area contributed by atoms with Crippen molar-refractivity contribution >= 4 is 23.4 Å². The Morgan fingerprint density at radius 3 is 2.44 bits per heavy atom. The van der Waals surface area contributed by atoms with Crippen LogP contribution in [0.4, 0.5) is 10.6 Å². The molecule has 0 aromatic carbocycles. The van der Waals surface area contributed by atoms with E-state index in [1.807, 2.05) is 11.0 Å². The van der Waals surface area contributed by atoms with Gasteiger partial charge in [0, 0.05) is 37.8 Å². The van der Waals surface area contributed by atoms with Crippen molar-refractivity contribution in [3.8, 4) is 6.07 Å². The number of anilines is 1. The summed E-state index contributed by atoms with van der Waals surface area (Å²) in [6.45, 7) is 6.71. The molecule has 1 aliphatic carbocycles. The Labute approximate surface area is 196 Å². The van der Waals surface area contributed by atoms with Gasteiger partial charge in [-0.1, -0.05) is 37.3 Å². The van der Waals surface area contributed by atoms with Crippen molar-refractivity contribution in [2.75, 3.05) is 24.5 Å². The van der Waals surface area contributed by atoms with Crippen molar-refractivity contribution in [1.29, 1.82) is 5.26 Å². The number of urea groups is 1. The second-order valence-corrected chi connectivity index (χ2v) is 10.1. The van der Waals surface area contributed by atoms with E-state index in [9.17, 15) is 10.1 Å². The van der Waals surface area contributed by atoms with E-state index in [0.29, 0.717) is 12.0 Å². The minimum Gasteiger partial charge on any atom is -0.352 e. The molecule has 2 amide bonds. The predicted molar refractivity (Wildman–Crippen MR) is 126 cm³/mol. The zero-order valence-electron chi connectivity index (χ0n) is 19.3. The van der Waals surface area contributed by atoms with Gasteiger partial charge < -0.3 is 14.7 Å². The Hall–Kier alpha value is -2.07. The summed E-state index contributed by atoms with van der Waals surface area (Å²) >= 11 is 6.27. The van der Waals surface area contributed by atoms with Crippen LogP contribution < -0.4 is 4.90 Å². The zero-order valence-corrected chi connectivity index (χ0v) is 20.1. The molecule has 2 saturated heterocycles. The molecule has 32 heavy (non-hydrogen) atoms. The van der Waals surface area contributed by atoms with Gasteiger partial charge in [-0.15, -0.1) is 0 Å². The summed E-state index contributed by atoms with van der Waals surface area (Å²) in [6.07, 6.45) is 12.3. The third kappa shape index (κ3) is 4.80. The van der Waals surface area contributed by atoms with E-state index in [2.05, 4.69) is 33.6 Å². The van der Waals surface area contributed by atoms with Gasteiger partial charge in [0.05, 0.1) is 6.20 Å². The van der Waals surface area contributed by atoms with Crippen LogP contribution in [0.5, 0.6) is 0 Å². The monoisotopic (exact) mass is 458 g/mol. The molecule has 4 rings (SSSR count). The van der Waals surface area contributed by atoms with E-state index in [4.69, 9.17) is 11.6 Å². The topological polar surface area (TPSA) is 76.4 Å². The van der Waals surface area contributed by atoms with Crippen LogP contribution in [-0.2, 0) is 0 Å². The van der Waals surface area contributed by atoms with Crippen LogP contribution in [0.1, 0.15) is 77.3 Å². The lowest BCUT2D eigenvalue weighted by atomic mass is 9.86. The molecule has 3 aliphatic rings. The highest BCUT2D eigenvalue weighted by Gasteiger charge is 2.40. The Bertz CT molecular complexity index is 847. The lowest BCUT2D eigenvalue weighted by molar-refractivity contribution is 0.160. The third-order valence-corrected chi connectivity index (χ3v) is 7.81. The number of nitriles is 1. The second kappa shape index (κ2) is 10.2. The van der Waals surface area contributed by atoms with Crippen LogP contribution in [0.3, 0.4) is 0 Å². The number of carbonyl (C=O) groups excluding carboxylic acids is 1. The zero-order chi connectivity index (χ0) is 22.7. The fraction of sp³-hybridized carbons (Fsp3) is 0.750. The van der Waals surface area contributed by atoms with Gasteiger partial charge in [0.2, 0.25) is 0 Å². The number of carbonyl (C=O) groups is 1. The molecule has 0 bridgehead atoms. The summed E-state index contributed by atoms with van der Waals surface area (Å²) < 4.78 is 0. The molecule has 2 atom stereocenters. The van der Waals surface area contributed by atoms with Crippen molar-refractivity contribution in [2.45, 2.75) is 89.8 Å². The quantitative estimate of drug-likeness (QED) is 0.603. The molecular weight excluding hydrogens is 424 g/mol. The summed E-state index contributed by atoms with van der Waals surface area (Å²) in [7, 11) is 0. The molecule has 0 radical (unpaired) electrons. The van der Waals surface area contributed by atoms with Crippen molar-refractivity contribution in [1.82, 2.24) is 19.8 Å². The largest absolute Gasteiger partial charge is 0.352 e. The number of rotatable bonds is 4. The molecule has 0 spiro atoms. The summed E-state index contributed by atoms with van der Waals surface area (Å²) in [5.41, 5.74) is 0.172. The highest BCUT2D eigenvalue weighted by molar-refractivity contribution is 6.30. The normalized spacial score (nSPS) is 25.7. The van der Waals surface area contributed by atoms with Gasteiger partial charge in [0.25, 0.3) is 0 Å². The van der Waals surface area contributed by atoms with Crippen LogP contribution in [0.25, 0.3) is 0 Å². The first-order valence-corrected chi connectivity index (χ1v) is 12.6. The molecule has 2 aliphatic heterocycles. The van der Waals surface area contributed by atoms with Crippen molar-refractivity contribution in [3.63, 3.8) is 0 Å². The molecule has 3 fully saturated rings. The van der Waals surface area contributed by atoms with Crippen LogP contribution in [0.2, 0.25) is 5.15 Å². The van der Waals surface area contributed by atoms with Crippen molar-refractivity contribution in [2.24, 2.45) is 5.92 Å². The lowest BCUT2D eigenvalue weighted by Gasteiger charge is -2.38. The maximum atomic E-state index is 13.1. The summed E-state index contributed by atoms with van der Waals surface area (Å²) in [4.78, 5) is 28.5. The maximum Gasteiger partial charge on any atom is 0.320 e. The SMILES string of the molecule is CC(C)N1CCN(C2CCCN(c3cnc(C#N)c(Cl)n3)C(C3CCCCCC3)C2)C1=O. The maximum absolute atomic E-state index is 13.1. The third-order valence-electron chi connectivity index (χ3n) is 7.55. The van der Waals surface area contributed by atoms with Crippen LogP contribution in [0.15, 0.2) is 6.20 Å². The number of hydrogen-bond donors (Lipinski definition) is 0. The first-order chi connectivity index (χ1) is 15.5. The highest BCUT2D eigenvalue weighted by atomic mass is 35.5. The molecular formula is C24H35ClN6O. The van der Waals surface area contributed by atoms with Crippen molar-refractivity contribution < 1.29 is 4.79 Å². The summed E-state index contributed by atoms with van der Waals surface area (Å²) in [5, 5.41) is 9.37. The van der Waals surface area contributed by atoms with Gasteiger partial charge in [0.1, 0.15) is 11.9 Å². The van der Waals surface area contributed by atoms with E-state index < -0.39 is 0 Å². The molecule has 174 valence electrons. The number of aromatic nitrogens is 2. The van der Waals surface area contributed by atoms with Gasteiger partial charge in [-0.25, -0.2) is 14.8 Å². The first-order valence-electron chi connectivity index (χ1n) is 12.3. The van der Waals surface area contributed by atoms with E-state index in [0.717, 1.165) is 44.7 Å². The smallest absolute Gasteiger partial charge is 0.320 e. The molecule has 1 saturated carbocycles. The first kappa shape index (κ1) is 23.1. The van der Waals surface area contributed by atoms with Gasteiger partial charge >= 0.3 is 6.03 Å². The molecule has 8 heteroatoms. The number of nitrogens with zero attached hydrogens (tertiary/aromatic N) is 6. The number of halogens is 1. The molecule has 2 unspecified atom stereocenters. The Balaban J connectivity index is 1.61. The highest BCUT2D eigenvalue weighted by Crippen LogP contribution is 2.36. The fourth-order valence-corrected chi connectivity index (χ4v) is 6.04. The summed E-state index contributed by atoms with van der Waals surface area (Å²) in [5.74, 6) is 1.34. The minimum absolute atomic E-state index is 0.172. The van der Waals surface area contributed by atoms with Gasteiger partial charge in [-0.2, -0.15) is 5.26 Å². The van der Waals surface area contributed by atoms with Crippen molar-refractivity contribution in [3.05, 3.63) is 17.0 Å². The van der Waals surface area contributed by atoms with Gasteiger partial charge in [-0.3, -0.25) is 0 Å². The van der Waals surface area contributed by atoms with Gasteiger partial charge in [0.15, 0.2) is 10.8 Å². The average molecular weight is 459 g/mol. The van der Waals surface area contributed by atoms with E-state index in [1.54, 1.807) is 6.20 Å². The van der Waals surface area contributed by atoms with Crippen LogP contribution in [-0.4, -0.2) is 63.6 Å². The fourth-order valence-electron chi connectivity index (χ4n) is 5.86. The Morgan fingerprint density at radius 2 is 1.81 bits per heavy atom. The van der Waals surface area contributed by atoms with E-state index >= 15 is 0 Å². The molecule has 3 heterocycles. The van der Waals surface area contributed by atoms with E-state index in [1.165, 1.54) is 38.5 Å². The lowest BCUT2D eigenvalue weighted by Crippen LogP contribution is -2.46. The molecule has 1 aromatic heterocycles. The summed E-state index contributed by atoms with van der Waals surface area (Å²) in [6, 6.07) is 3.00. The Morgan fingerprint density at radius 1 is 1.06 bits per heavy atom.